The van der Waals surface area contributed by atoms with Gasteiger partial charge in [0.25, 0.3) is 5.91 Å². The van der Waals surface area contributed by atoms with Crippen LogP contribution < -0.4 is 5.32 Å². The number of thiazole rings is 2. The minimum Gasteiger partial charge on any atom is -0.462 e. The highest BCUT2D eigenvalue weighted by atomic mass is 32.1. The van der Waals surface area contributed by atoms with Crippen molar-refractivity contribution in [3.8, 4) is 22.0 Å². The molecule has 0 fully saturated rings. The fourth-order valence-corrected chi connectivity index (χ4v) is 4.76. The van der Waals surface area contributed by atoms with Gasteiger partial charge in [0, 0.05) is 23.2 Å². The molecule has 0 aliphatic rings. The molecule has 0 saturated heterocycles. The Morgan fingerprint density at radius 1 is 1.10 bits per heavy atom. The number of hydrogen-bond acceptors (Lipinski definition) is 6. The highest BCUT2D eigenvalue weighted by Gasteiger charge is 2.21. The number of rotatable bonds is 8. The van der Waals surface area contributed by atoms with Crippen LogP contribution in [0.25, 0.3) is 22.0 Å². The predicted molar refractivity (Wildman–Crippen MR) is 117 cm³/mol. The molecule has 5 nitrogen and oxygen atoms in total. The Bertz CT molecular complexity index is 1070. The number of nitrogens with zero attached hydrogens (tertiary/aromatic N) is 2. The van der Waals surface area contributed by atoms with E-state index in [1.807, 2.05) is 49.4 Å². The van der Waals surface area contributed by atoms with Crippen LogP contribution in [0.3, 0.4) is 0 Å². The number of nitrogens with one attached hydrogen (secondary N) is 1. The maximum absolute atomic E-state index is 12.9. The summed E-state index contributed by atoms with van der Waals surface area (Å²) in [4.78, 5) is 22.7. The molecule has 1 N–H and O–H groups in total. The summed E-state index contributed by atoms with van der Waals surface area (Å²) >= 11 is 3.06. The van der Waals surface area contributed by atoms with Crippen LogP contribution >= 0.6 is 22.7 Å². The quantitative estimate of drug-likeness (QED) is 0.375. The van der Waals surface area contributed by atoms with Crippen LogP contribution in [-0.4, -0.2) is 22.4 Å². The van der Waals surface area contributed by atoms with Crippen LogP contribution in [0.1, 0.15) is 33.2 Å². The zero-order valence-corrected chi connectivity index (χ0v) is 17.7. The fourth-order valence-electron chi connectivity index (χ4n) is 2.97. The van der Waals surface area contributed by atoms with Gasteiger partial charge in [-0.05, 0) is 38.3 Å². The van der Waals surface area contributed by atoms with Crippen LogP contribution in [0.2, 0.25) is 0 Å². The van der Waals surface area contributed by atoms with Crippen molar-refractivity contribution in [2.24, 2.45) is 0 Å². The zero-order valence-electron chi connectivity index (χ0n) is 16.1. The molecular formula is C22H21N3O2S2. The summed E-state index contributed by atoms with van der Waals surface area (Å²) in [6.07, 6.45) is 4.48. The lowest BCUT2D eigenvalue weighted by atomic mass is 10.1. The van der Waals surface area contributed by atoms with E-state index in [2.05, 4.69) is 20.7 Å². The molecule has 3 aromatic heterocycles. The highest BCUT2D eigenvalue weighted by molar-refractivity contribution is 7.17. The van der Waals surface area contributed by atoms with Crippen molar-refractivity contribution in [1.29, 1.82) is 0 Å². The first-order chi connectivity index (χ1) is 14.2. The number of carbonyl (C=O) groups excluding carboxylic acids is 1. The molecule has 1 amide bonds. The van der Waals surface area contributed by atoms with Gasteiger partial charge in [0.1, 0.15) is 4.88 Å². The molecule has 0 saturated carbocycles. The minimum atomic E-state index is -0.0933. The van der Waals surface area contributed by atoms with E-state index < -0.39 is 0 Å². The molecule has 1 aromatic carbocycles. The van der Waals surface area contributed by atoms with Crippen LogP contribution in [-0.2, 0) is 6.42 Å². The van der Waals surface area contributed by atoms with Gasteiger partial charge in [-0.2, -0.15) is 0 Å². The predicted octanol–water partition coefficient (Wildman–Crippen LogP) is 5.59. The lowest BCUT2D eigenvalue weighted by molar-refractivity contribution is 0.0957. The lowest BCUT2D eigenvalue weighted by Crippen LogP contribution is -2.24. The van der Waals surface area contributed by atoms with Crippen molar-refractivity contribution in [2.45, 2.75) is 26.2 Å². The third-order valence-electron chi connectivity index (χ3n) is 4.38. The average Bonchev–Trinajstić information content (AvgIpc) is 3.49. The Labute approximate surface area is 177 Å². The van der Waals surface area contributed by atoms with Crippen LogP contribution in [0.4, 0.5) is 0 Å². The smallest absolute Gasteiger partial charge is 0.263 e. The number of unbranched alkanes of at least 4 members (excludes halogenated alkanes) is 1. The Hall–Kier alpha value is -2.77. The summed E-state index contributed by atoms with van der Waals surface area (Å²) in [7, 11) is 0. The van der Waals surface area contributed by atoms with Crippen molar-refractivity contribution in [2.75, 3.05) is 6.54 Å². The van der Waals surface area contributed by atoms with E-state index in [4.69, 9.17) is 4.42 Å². The zero-order chi connectivity index (χ0) is 20.1. The fraction of sp³-hybridized carbons (Fsp3) is 0.227. The minimum absolute atomic E-state index is 0.0933. The molecule has 148 valence electrons. The van der Waals surface area contributed by atoms with Gasteiger partial charge in [0.15, 0.2) is 10.8 Å². The number of hydrogen-bond donors (Lipinski definition) is 1. The number of furan rings is 1. The van der Waals surface area contributed by atoms with Gasteiger partial charge in [-0.15, -0.1) is 22.7 Å². The van der Waals surface area contributed by atoms with Crippen molar-refractivity contribution in [3.05, 3.63) is 69.7 Å². The summed E-state index contributed by atoms with van der Waals surface area (Å²) in [6.45, 7) is 2.64. The van der Waals surface area contributed by atoms with Gasteiger partial charge in [0.05, 0.1) is 17.0 Å². The second-order valence-electron chi connectivity index (χ2n) is 6.64. The number of benzene rings is 1. The maximum atomic E-state index is 12.9. The van der Waals surface area contributed by atoms with E-state index in [0.717, 1.165) is 35.5 Å². The van der Waals surface area contributed by atoms with Crippen LogP contribution in [0, 0.1) is 6.92 Å². The van der Waals surface area contributed by atoms with Crippen LogP contribution in [0.15, 0.2) is 58.5 Å². The topological polar surface area (TPSA) is 68.0 Å². The number of aromatic nitrogens is 2. The Morgan fingerprint density at radius 2 is 1.97 bits per heavy atom. The molecule has 0 bridgehead atoms. The molecule has 29 heavy (non-hydrogen) atoms. The van der Waals surface area contributed by atoms with E-state index in [9.17, 15) is 4.79 Å². The molecule has 0 radical (unpaired) electrons. The molecule has 0 aliphatic heterocycles. The van der Waals surface area contributed by atoms with E-state index >= 15 is 0 Å². The van der Waals surface area contributed by atoms with Gasteiger partial charge in [-0.1, -0.05) is 30.3 Å². The summed E-state index contributed by atoms with van der Waals surface area (Å²) in [5.41, 5.74) is 2.69. The van der Waals surface area contributed by atoms with Gasteiger partial charge in [-0.3, -0.25) is 4.79 Å². The first kappa shape index (κ1) is 19.5. The summed E-state index contributed by atoms with van der Waals surface area (Å²) in [5, 5.41) is 6.98. The summed E-state index contributed by atoms with van der Waals surface area (Å²) in [5.74, 6) is 0.578. The molecule has 0 spiro atoms. The van der Waals surface area contributed by atoms with E-state index in [1.54, 1.807) is 17.6 Å². The monoisotopic (exact) mass is 423 g/mol. The van der Waals surface area contributed by atoms with Crippen molar-refractivity contribution in [1.82, 2.24) is 15.3 Å². The van der Waals surface area contributed by atoms with E-state index in [-0.39, 0.29) is 5.91 Å². The van der Waals surface area contributed by atoms with Crippen molar-refractivity contribution < 1.29 is 9.21 Å². The second-order valence-corrected chi connectivity index (χ2v) is 8.58. The van der Waals surface area contributed by atoms with E-state index in [0.29, 0.717) is 27.9 Å². The van der Waals surface area contributed by atoms with Crippen molar-refractivity contribution >= 4 is 28.6 Å². The molecule has 7 heteroatoms. The second kappa shape index (κ2) is 9.15. The van der Waals surface area contributed by atoms with Crippen molar-refractivity contribution in [3.63, 3.8) is 0 Å². The lowest BCUT2D eigenvalue weighted by Gasteiger charge is -2.05. The molecule has 4 aromatic rings. The normalized spacial score (nSPS) is 10.9. The maximum Gasteiger partial charge on any atom is 0.263 e. The molecule has 0 atom stereocenters. The molecule has 4 rings (SSSR count). The Kier molecular flexibility index (Phi) is 6.17. The number of amides is 1. The van der Waals surface area contributed by atoms with Gasteiger partial charge in [0.2, 0.25) is 0 Å². The third-order valence-corrected chi connectivity index (χ3v) is 6.48. The van der Waals surface area contributed by atoms with Crippen LogP contribution in [0.5, 0.6) is 0 Å². The highest BCUT2D eigenvalue weighted by Crippen LogP contribution is 2.34. The van der Waals surface area contributed by atoms with Gasteiger partial charge in [-0.25, -0.2) is 9.97 Å². The van der Waals surface area contributed by atoms with E-state index in [1.165, 1.54) is 11.3 Å². The molecular weight excluding hydrogens is 402 g/mol. The third kappa shape index (κ3) is 4.81. The first-order valence-electron chi connectivity index (χ1n) is 9.50. The molecule has 3 heterocycles. The molecule has 0 unspecified atom stereocenters. The largest absolute Gasteiger partial charge is 0.462 e. The first-order valence-corrected chi connectivity index (χ1v) is 11.2. The Morgan fingerprint density at radius 3 is 2.69 bits per heavy atom. The average molecular weight is 424 g/mol. The Balaban J connectivity index is 1.42. The summed E-state index contributed by atoms with van der Waals surface area (Å²) < 4.78 is 5.47. The SMILES string of the molecule is Cc1csc(CCCCNC(=O)c2sc(-c3ccco3)nc2-c2ccccc2)n1. The number of carbonyl (C=O) groups is 1. The number of aryl methyl sites for hydroxylation is 2. The van der Waals surface area contributed by atoms with Gasteiger partial charge >= 0.3 is 0 Å². The summed E-state index contributed by atoms with van der Waals surface area (Å²) in [6, 6.07) is 13.5. The van der Waals surface area contributed by atoms with Gasteiger partial charge < -0.3 is 9.73 Å². The standard InChI is InChI=1S/C22H21N3O2S2/c1-15-14-28-18(24-15)11-5-6-12-23-21(26)20-19(16-8-3-2-4-9-16)25-22(29-20)17-10-7-13-27-17/h2-4,7-10,13-14H,5-6,11-12H2,1H3,(H,23,26). The molecule has 0 aliphatic carbocycles.